The first-order valence-electron chi connectivity index (χ1n) is 10.9. The topological polar surface area (TPSA) is 48.4 Å². The summed E-state index contributed by atoms with van der Waals surface area (Å²) in [4.78, 5) is 17.4. The number of hydrogen-bond donors (Lipinski definition) is 0. The minimum absolute atomic E-state index is 0.0572. The fraction of sp³-hybridized carbons (Fsp3) is 0.750. The minimum Gasteiger partial charge on any atom is -0.359 e. The van der Waals surface area contributed by atoms with Crippen LogP contribution < -0.4 is 0 Å². The number of nitrogens with zero attached hydrogens (tertiary/aromatic N) is 1. The molecular weight excluding hydrogens is 350 g/mol. The molecule has 4 heteroatoms. The first kappa shape index (κ1) is 23.0. The Labute approximate surface area is 171 Å². The van der Waals surface area contributed by atoms with Gasteiger partial charge in [0.25, 0.3) is 0 Å². The zero-order valence-corrected chi connectivity index (χ0v) is 18.5. The van der Waals surface area contributed by atoms with Crippen LogP contribution in [0.4, 0.5) is 0 Å². The zero-order chi connectivity index (χ0) is 20.6. The Hall–Kier alpha value is -1.26. The van der Waals surface area contributed by atoms with Gasteiger partial charge in [0.15, 0.2) is 5.78 Å². The maximum absolute atomic E-state index is 12.8. The summed E-state index contributed by atoms with van der Waals surface area (Å²) < 4.78 is 11.3. The number of pyridine rings is 1. The zero-order valence-electron chi connectivity index (χ0n) is 18.5. The summed E-state index contributed by atoms with van der Waals surface area (Å²) in [7, 11) is 1.60. The highest BCUT2D eigenvalue weighted by Gasteiger charge is 2.42. The largest absolute Gasteiger partial charge is 0.359 e. The molecule has 4 nitrogen and oxygen atoms in total. The van der Waals surface area contributed by atoms with Crippen molar-refractivity contribution in [3.8, 4) is 0 Å². The highest BCUT2D eigenvalue weighted by Crippen LogP contribution is 2.34. The summed E-state index contributed by atoms with van der Waals surface area (Å²) >= 11 is 0. The SMILES string of the molecule is COCO[C@@](Cc1cc(CCCC2CC2)ccn1)(C(C)=O)[C@@H](C)CCC(C)C. The number of Topliss-reactive ketones (excluding diaryl/α,β-unsaturated/α-hetero) is 1. The summed E-state index contributed by atoms with van der Waals surface area (Å²) in [5.41, 5.74) is 1.36. The summed E-state index contributed by atoms with van der Waals surface area (Å²) in [6, 6.07) is 4.26. The first-order chi connectivity index (χ1) is 13.4. The van der Waals surface area contributed by atoms with Crippen LogP contribution in [0.3, 0.4) is 0 Å². The van der Waals surface area contributed by atoms with Crippen LogP contribution in [0.25, 0.3) is 0 Å². The predicted molar refractivity (Wildman–Crippen MR) is 113 cm³/mol. The molecule has 2 atom stereocenters. The van der Waals surface area contributed by atoms with Gasteiger partial charge in [0.05, 0.1) is 0 Å². The minimum atomic E-state index is -0.884. The van der Waals surface area contributed by atoms with E-state index in [4.69, 9.17) is 9.47 Å². The Morgan fingerprint density at radius 3 is 2.64 bits per heavy atom. The molecule has 0 spiro atoms. The molecule has 1 aliphatic rings. The molecule has 2 rings (SSSR count). The van der Waals surface area contributed by atoms with Crippen molar-refractivity contribution in [2.24, 2.45) is 17.8 Å². The second kappa shape index (κ2) is 11.1. The van der Waals surface area contributed by atoms with Gasteiger partial charge in [-0.05, 0) is 61.6 Å². The van der Waals surface area contributed by atoms with Gasteiger partial charge in [-0.25, -0.2) is 0 Å². The molecule has 1 aliphatic carbocycles. The van der Waals surface area contributed by atoms with E-state index in [-0.39, 0.29) is 18.5 Å². The average Bonchev–Trinajstić information content (AvgIpc) is 3.47. The van der Waals surface area contributed by atoms with E-state index in [0.717, 1.165) is 30.9 Å². The van der Waals surface area contributed by atoms with E-state index in [1.54, 1.807) is 14.0 Å². The van der Waals surface area contributed by atoms with Crippen molar-refractivity contribution in [1.82, 2.24) is 4.98 Å². The van der Waals surface area contributed by atoms with E-state index in [2.05, 4.69) is 37.9 Å². The van der Waals surface area contributed by atoms with Gasteiger partial charge in [-0.3, -0.25) is 9.78 Å². The van der Waals surface area contributed by atoms with Crippen LogP contribution in [0, 0.1) is 17.8 Å². The Morgan fingerprint density at radius 1 is 1.29 bits per heavy atom. The Kier molecular flexibility index (Phi) is 9.10. The molecule has 0 radical (unpaired) electrons. The molecule has 28 heavy (non-hydrogen) atoms. The van der Waals surface area contributed by atoms with Crippen LogP contribution in [0.1, 0.15) is 77.5 Å². The lowest BCUT2D eigenvalue weighted by Crippen LogP contribution is -2.49. The van der Waals surface area contributed by atoms with E-state index in [1.165, 1.54) is 31.2 Å². The second-order valence-electron chi connectivity index (χ2n) is 9.04. The molecule has 0 aromatic carbocycles. The van der Waals surface area contributed by atoms with Gasteiger partial charge in [-0.15, -0.1) is 0 Å². The van der Waals surface area contributed by atoms with Gasteiger partial charge in [0, 0.05) is 25.4 Å². The van der Waals surface area contributed by atoms with Crippen molar-refractivity contribution in [3.05, 3.63) is 29.6 Å². The number of methoxy groups -OCH3 is 1. The number of ether oxygens (including phenoxy) is 2. The molecule has 1 heterocycles. The van der Waals surface area contributed by atoms with Gasteiger partial charge in [-0.2, -0.15) is 0 Å². The molecule has 0 amide bonds. The van der Waals surface area contributed by atoms with Gasteiger partial charge in [0.2, 0.25) is 0 Å². The van der Waals surface area contributed by atoms with Crippen LogP contribution in [0.5, 0.6) is 0 Å². The fourth-order valence-corrected chi connectivity index (χ4v) is 3.97. The number of carbonyl (C=O) groups is 1. The first-order valence-corrected chi connectivity index (χ1v) is 10.9. The van der Waals surface area contributed by atoms with Gasteiger partial charge < -0.3 is 9.47 Å². The third kappa shape index (κ3) is 6.97. The number of hydrogen-bond acceptors (Lipinski definition) is 4. The summed E-state index contributed by atoms with van der Waals surface area (Å²) in [5.74, 6) is 1.72. The Morgan fingerprint density at radius 2 is 2.04 bits per heavy atom. The number of ketones is 1. The molecular formula is C24H39NO3. The second-order valence-corrected chi connectivity index (χ2v) is 9.04. The van der Waals surface area contributed by atoms with Gasteiger partial charge in [0.1, 0.15) is 12.4 Å². The number of aryl methyl sites for hydroxylation is 1. The molecule has 0 saturated heterocycles. The van der Waals surface area contributed by atoms with E-state index in [0.29, 0.717) is 12.3 Å². The quantitative estimate of drug-likeness (QED) is 0.401. The van der Waals surface area contributed by atoms with Crippen LogP contribution >= 0.6 is 0 Å². The van der Waals surface area contributed by atoms with E-state index < -0.39 is 5.60 Å². The molecule has 1 saturated carbocycles. The molecule has 0 bridgehead atoms. The third-order valence-electron chi connectivity index (χ3n) is 6.10. The summed E-state index contributed by atoms with van der Waals surface area (Å²) in [6.45, 7) is 8.31. The predicted octanol–water partition coefficient (Wildman–Crippen LogP) is 5.38. The normalized spacial score (nSPS) is 17.5. The highest BCUT2D eigenvalue weighted by atomic mass is 16.7. The molecule has 1 aromatic rings. The monoisotopic (exact) mass is 389 g/mol. The van der Waals surface area contributed by atoms with E-state index >= 15 is 0 Å². The fourth-order valence-electron chi connectivity index (χ4n) is 3.97. The lowest BCUT2D eigenvalue weighted by molar-refractivity contribution is -0.173. The van der Waals surface area contributed by atoms with Crippen molar-refractivity contribution in [2.75, 3.05) is 13.9 Å². The average molecular weight is 390 g/mol. The molecule has 1 aromatic heterocycles. The summed E-state index contributed by atoms with van der Waals surface area (Å²) in [5, 5.41) is 0. The smallest absolute Gasteiger partial charge is 0.162 e. The van der Waals surface area contributed by atoms with Crippen LogP contribution in [0.2, 0.25) is 0 Å². The Bertz CT molecular complexity index is 612. The van der Waals surface area contributed by atoms with Crippen LogP contribution in [-0.4, -0.2) is 30.3 Å². The van der Waals surface area contributed by atoms with Gasteiger partial charge in [-0.1, -0.05) is 46.5 Å². The van der Waals surface area contributed by atoms with Crippen LogP contribution in [-0.2, 0) is 27.1 Å². The van der Waals surface area contributed by atoms with Crippen molar-refractivity contribution in [3.63, 3.8) is 0 Å². The molecule has 1 fully saturated rings. The molecule has 158 valence electrons. The van der Waals surface area contributed by atoms with Crippen LogP contribution in [0.15, 0.2) is 18.3 Å². The molecule has 0 unspecified atom stereocenters. The Balaban J connectivity index is 2.13. The molecule has 0 N–H and O–H groups in total. The third-order valence-corrected chi connectivity index (χ3v) is 6.10. The van der Waals surface area contributed by atoms with Crippen molar-refractivity contribution < 1.29 is 14.3 Å². The standard InChI is InChI=1S/C24H39NO3/c1-18(2)9-10-19(3)24(20(4)26,28-17-27-5)16-23-15-22(13-14-25-23)8-6-7-21-11-12-21/h13-15,18-19,21H,6-12,16-17H2,1-5H3/t19-,24+/m0/s1. The number of rotatable bonds is 14. The summed E-state index contributed by atoms with van der Waals surface area (Å²) in [6.07, 6.45) is 10.9. The van der Waals surface area contributed by atoms with Crippen molar-refractivity contribution in [1.29, 1.82) is 0 Å². The lowest BCUT2D eigenvalue weighted by Gasteiger charge is -2.37. The lowest BCUT2D eigenvalue weighted by atomic mass is 9.77. The molecule has 0 aliphatic heterocycles. The maximum atomic E-state index is 12.8. The van der Waals surface area contributed by atoms with Crippen molar-refractivity contribution >= 4 is 5.78 Å². The van der Waals surface area contributed by atoms with E-state index in [1.807, 2.05) is 6.20 Å². The maximum Gasteiger partial charge on any atom is 0.162 e. The van der Waals surface area contributed by atoms with Gasteiger partial charge >= 0.3 is 0 Å². The highest BCUT2D eigenvalue weighted by molar-refractivity contribution is 5.85. The van der Waals surface area contributed by atoms with E-state index in [9.17, 15) is 4.79 Å². The van der Waals surface area contributed by atoms with Crippen molar-refractivity contribution in [2.45, 2.75) is 84.7 Å². The number of carbonyl (C=O) groups excluding carboxylic acids is 1. The number of aromatic nitrogens is 1.